The Balaban J connectivity index is 1.56. The molecule has 2 aliphatic heterocycles. The van der Waals surface area contributed by atoms with Crippen LogP contribution in [0.25, 0.3) is 6.08 Å². The van der Waals surface area contributed by atoms with E-state index < -0.39 is 52.4 Å². The van der Waals surface area contributed by atoms with E-state index in [1.165, 1.54) is 37.4 Å². The molecule has 0 saturated carbocycles. The minimum Gasteiger partial charge on any atom is -0.497 e. The number of halogens is 2. The molecule has 2 heterocycles. The van der Waals surface area contributed by atoms with Crippen LogP contribution < -0.4 is 9.64 Å². The average molecular weight is 548 g/mol. The van der Waals surface area contributed by atoms with E-state index in [0.717, 1.165) is 0 Å². The monoisotopic (exact) mass is 547 g/mol. The Morgan fingerprint density at radius 2 is 1.56 bits per heavy atom. The zero-order valence-electron chi connectivity index (χ0n) is 21.9. The van der Waals surface area contributed by atoms with Crippen LogP contribution in [0.15, 0.2) is 97.1 Å². The quantitative estimate of drug-likeness (QED) is 0.222. The maximum atomic E-state index is 15.8. The van der Waals surface area contributed by atoms with Crippen LogP contribution in [-0.4, -0.2) is 36.5 Å². The molecule has 3 atom stereocenters. The van der Waals surface area contributed by atoms with E-state index in [0.29, 0.717) is 17.0 Å². The number of benzene rings is 4. The Labute approximate surface area is 234 Å². The third-order valence-corrected chi connectivity index (χ3v) is 8.63. The summed E-state index contributed by atoms with van der Waals surface area (Å²) in [7, 11) is 1.49. The summed E-state index contributed by atoms with van der Waals surface area (Å²) in [5.74, 6) is -3.18. The van der Waals surface area contributed by atoms with Crippen molar-refractivity contribution in [3.05, 3.63) is 137 Å². The second-order valence-corrected chi connectivity index (χ2v) is 10.5. The molecule has 4 aromatic rings. The number of ether oxygens (including phenoxy) is 1. The third kappa shape index (κ3) is 3.35. The van der Waals surface area contributed by atoms with Gasteiger partial charge >= 0.3 is 0 Å². The molecule has 202 valence electrons. The second-order valence-electron chi connectivity index (χ2n) is 10.5. The van der Waals surface area contributed by atoms with Crippen LogP contribution in [-0.2, 0) is 0 Å². The molecule has 0 radical (unpaired) electrons. The van der Waals surface area contributed by atoms with Gasteiger partial charge < -0.3 is 9.64 Å². The van der Waals surface area contributed by atoms with Crippen molar-refractivity contribution < 1.29 is 27.9 Å². The molecule has 41 heavy (non-hydrogen) atoms. The molecule has 1 aliphatic carbocycles. The van der Waals surface area contributed by atoms with E-state index in [1.54, 1.807) is 77.7 Å². The highest BCUT2D eigenvalue weighted by Crippen LogP contribution is 2.61. The molecule has 1 fully saturated rings. The summed E-state index contributed by atoms with van der Waals surface area (Å²) in [6.45, 7) is 0. The topological polar surface area (TPSA) is 63.7 Å². The number of hydrogen-bond acceptors (Lipinski definition) is 5. The number of carbonyl (C=O) groups excluding carboxylic acids is 3. The first-order valence-corrected chi connectivity index (χ1v) is 13.3. The van der Waals surface area contributed by atoms with Gasteiger partial charge in [0.05, 0.1) is 13.2 Å². The molecular formula is C34H23F2NO4. The molecule has 1 saturated heterocycles. The molecule has 3 aliphatic rings. The molecule has 4 aromatic carbocycles. The Bertz CT molecular complexity index is 1780. The minimum absolute atomic E-state index is 0.0923. The summed E-state index contributed by atoms with van der Waals surface area (Å²) in [4.78, 5) is 45.5. The fourth-order valence-corrected chi connectivity index (χ4v) is 6.97. The number of rotatable bonds is 4. The lowest BCUT2D eigenvalue weighted by Gasteiger charge is -2.37. The van der Waals surface area contributed by atoms with Crippen molar-refractivity contribution in [2.24, 2.45) is 5.41 Å². The van der Waals surface area contributed by atoms with Crippen molar-refractivity contribution in [3.8, 4) is 5.75 Å². The molecule has 7 heteroatoms. The number of anilines is 1. The van der Waals surface area contributed by atoms with E-state index >= 15 is 4.39 Å². The predicted octanol–water partition coefficient (Wildman–Crippen LogP) is 6.29. The van der Waals surface area contributed by atoms with Crippen molar-refractivity contribution in [3.63, 3.8) is 0 Å². The first kappa shape index (κ1) is 25.1. The molecule has 0 aromatic heterocycles. The summed E-state index contributed by atoms with van der Waals surface area (Å²) >= 11 is 0. The Kier molecular flexibility index (Phi) is 5.54. The standard InChI is InChI=1S/C34H23F2NO4/c1-41-22-8-6-7-20(18-22)31(38)30-29(25-11-4-5-12-26(25)36)34(32(39)23-9-2-3-10-24(23)33(34)40)28-16-13-19-17-21(35)14-15-27(19)37(28)30/h2-18,28-30H,1H3/t28-,29-,30+/m1/s1. The summed E-state index contributed by atoms with van der Waals surface area (Å²) in [6.07, 6.45) is 3.35. The minimum atomic E-state index is -1.84. The van der Waals surface area contributed by atoms with Gasteiger partial charge in [-0.2, -0.15) is 0 Å². The molecule has 5 nitrogen and oxygen atoms in total. The lowest BCUT2D eigenvalue weighted by molar-refractivity contribution is 0.0664. The SMILES string of the molecule is COc1cccc(C(=O)[C@@H]2[C@@H](c3ccccc3F)C3(C(=O)c4ccccc4C3=O)[C@H]3C=Cc4cc(F)ccc4N23)c1. The zero-order chi connectivity index (χ0) is 28.5. The van der Waals surface area contributed by atoms with Gasteiger partial charge in [0.1, 0.15) is 28.8 Å². The largest absolute Gasteiger partial charge is 0.497 e. The van der Waals surface area contributed by atoms with Crippen LogP contribution in [0.5, 0.6) is 5.75 Å². The van der Waals surface area contributed by atoms with E-state index in [4.69, 9.17) is 4.74 Å². The fourth-order valence-electron chi connectivity index (χ4n) is 6.97. The maximum Gasteiger partial charge on any atom is 0.186 e. The van der Waals surface area contributed by atoms with Crippen LogP contribution in [0.1, 0.15) is 48.1 Å². The van der Waals surface area contributed by atoms with Gasteiger partial charge in [0.15, 0.2) is 17.3 Å². The third-order valence-electron chi connectivity index (χ3n) is 8.63. The van der Waals surface area contributed by atoms with Gasteiger partial charge in [0.2, 0.25) is 0 Å². The number of carbonyl (C=O) groups is 3. The highest BCUT2D eigenvalue weighted by molar-refractivity contribution is 6.32. The van der Waals surface area contributed by atoms with Crippen LogP contribution in [0.3, 0.4) is 0 Å². The summed E-state index contributed by atoms with van der Waals surface area (Å²) in [6, 6.07) is 21.1. The molecule has 0 amide bonds. The van der Waals surface area contributed by atoms with Gasteiger partial charge in [0, 0.05) is 33.9 Å². The van der Waals surface area contributed by atoms with E-state index in [9.17, 15) is 18.8 Å². The van der Waals surface area contributed by atoms with Crippen LogP contribution >= 0.6 is 0 Å². The van der Waals surface area contributed by atoms with Gasteiger partial charge in [-0.3, -0.25) is 14.4 Å². The van der Waals surface area contributed by atoms with E-state index in [-0.39, 0.29) is 22.3 Å². The van der Waals surface area contributed by atoms with E-state index in [1.807, 2.05) is 0 Å². The number of ketones is 3. The van der Waals surface area contributed by atoms with Crippen molar-refractivity contribution in [1.82, 2.24) is 0 Å². The lowest BCUT2D eigenvalue weighted by Crippen LogP contribution is -2.48. The predicted molar refractivity (Wildman–Crippen MR) is 149 cm³/mol. The van der Waals surface area contributed by atoms with Gasteiger partial charge in [-0.15, -0.1) is 0 Å². The Morgan fingerprint density at radius 1 is 0.854 bits per heavy atom. The van der Waals surface area contributed by atoms with Crippen LogP contribution in [0.2, 0.25) is 0 Å². The highest BCUT2D eigenvalue weighted by atomic mass is 19.1. The number of nitrogens with zero attached hydrogens (tertiary/aromatic N) is 1. The molecule has 0 N–H and O–H groups in total. The van der Waals surface area contributed by atoms with Crippen LogP contribution in [0.4, 0.5) is 14.5 Å². The molecule has 0 unspecified atom stereocenters. The number of fused-ring (bicyclic) bond motifs is 5. The number of Topliss-reactive ketones (excluding diaryl/α,β-unsaturated/α-hetero) is 3. The van der Waals surface area contributed by atoms with Crippen molar-refractivity contribution >= 4 is 29.1 Å². The first-order chi connectivity index (χ1) is 19.9. The summed E-state index contributed by atoms with van der Waals surface area (Å²) in [5, 5.41) is 0. The van der Waals surface area contributed by atoms with E-state index in [2.05, 4.69) is 0 Å². The number of methoxy groups -OCH3 is 1. The Hall–Kier alpha value is -4.91. The molecule has 0 bridgehead atoms. The van der Waals surface area contributed by atoms with Crippen molar-refractivity contribution in [1.29, 1.82) is 0 Å². The first-order valence-electron chi connectivity index (χ1n) is 13.3. The molecule has 7 rings (SSSR count). The van der Waals surface area contributed by atoms with Gasteiger partial charge in [-0.05, 0) is 42.0 Å². The average Bonchev–Trinajstić information content (AvgIpc) is 3.43. The second kappa shape index (κ2) is 9.06. The normalized spacial score (nSPS) is 21.5. The molecular weight excluding hydrogens is 524 g/mol. The van der Waals surface area contributed by atoms with Gasteiger partial charge in [0.25, 0.3) is 0 Å². The van der Waals surface area contributed by atoms with Crippen LogP contribution in [0, 0.1) is 17.0 Å². The van der Waals surface area contributed by atoms with Gasteiger partial charge in [-0.25, -0.2) is 8.78 Å². The zero-order valence-corrected chi connectivity index (χ0v) is 21.9. The lowest BCUT2D eigenvalue weighted by atomic mass is 9.64. The Morgan fingerprint density at radius 3 is 2.27 bits per heavy atom. The van der Waals surface area contributed by atoms with Crippen molar-refractivity contribution in [2.75, 3.05) is 12.0 Å². The fraction of sp³-hybridized carbons (Fsp3) is 0.147. The highest BCUT2D eigenvalue weighted by Gasteiger charge is 2.71. The summed E-state index contributed by atoms with van der Waals surface area (Å²) in [5.41, 5.74) is -0.0134. The molecule has 1 spiro atoms. The van der Waals surface area contributed by atoms with Crippen molar-refractivity contribution in [2.45, 2.75) is 18.0 Å². The number of hydrogen-bond donors (Lipinski definition) is 0. The summed E-state index contributed by atoms with van der Waals surface area (Å²) < 4.78 is 35.5. The van der Waals surface area contributed by atoms with Gasteiger partial charge in [-0.1, -0.05) is 66.7 Å². The smallest absolute Gasteiger partial charge is 0.186 e. The maximum absolute atomic E-state index is 15.8.